The molecule has 1 aliphatic rings. The summed E-state index contributed by atoms with van der Waals surface area (Å²) in [6, 6.07) is 6.29. The molecule has 1 atom stereocenters. The van der Waals surface area contributed by atoms with Gasteiger partial charge in [0, 0.05) is 18.5 Å². The number of hydrogen-bond donors (Lipinski definition) is 1. The van der Waals surface area contributed by atoms with Gasteiger partial charge in [0.05, 0.1) is 6.61 Å². The lowest BCUT2D eigenvalue weighted by Gasteiger charge is -2.10. The van der Waals surface area contributed by atoms with Crippen LogP contribution in [0.4, 0.5) is 4.39 Å². The molecule has 0 unspecified atom stereocenters. The number of hydrogen-bond acceptors (Lipinski definition) is 2. The number of halogens is 2. The normalized spacial score (nSPS) is 19.7. The molecular weight excluding hydrogens is 217 g/mol. The Morgan fingerprint density at radius 3 is 3.00 bits per heavy atom. The molecule has 0 aliphatic carbocycles. The van der Waals surface area contributed by atoms with E-state index in [1.165, 1.54) is 12.1 Å². The Bertz CT molecular complexity index is 302. The van der Waals surface area contributed by atoms with Crippen LogP contribution in [0.5, 0.6) is 5.75 Å². The average Bonchev–Trinajstić information content (AvgIpc) is 2.67. The summed E-state index contributed by atoms with van der Waals surface area (Å²) in [7, 11) is 0. The summed E-state index contributed by atoms with van der Waals surface area (Å²) in [5.41, 5.74) is 0. The van der Waals surface area contributed by atoms with Crippen LogP contribution in [0, 0.1) is 11.7 Å². The van der Waals surface area contributed by atoms with Crippen molar-refractivity contribution >= 4 is 12.4 Å². The first-order chi connectivity index (χ1) is 6.84. The molecule has 0 bridgehead atoms. The Hall–Kier alpha value is -0.800. The van der Waals surface area contributed by atoms with E-state index in [1.54, 1.807) is 12.1 Å². The molecule has 84 valence electrons. The van der Waals surface area contributed by atoms with Crippen LogP contribution < -0.4 is 10.1 Å². The highest BCUT2D eigenvalue weighted by Crippen LogP contribution is 2.15. The van der Waals surface area contributed by atoms with Gasteiger partial charge >= 0.3 is 0 Å². The topological polar surface area (TPSA) is 21.3 Å². The van der Waals surface area contributed by atoms with Gasteiger partial charge in [-0.2, -0.15) is 0 Å². The lowest BCUT2D eigenvalue weighted by Crippen LogP contribution is -2.15. The maximum atomic E-state index is 12.8. The highest BCUT2D eigenvalue weighted by atomic mass is 35.5. The average molecular weight is 232 g/mol. The fourth-order valence-corrected chi connectivity index (χ4v) is 1.63. The molecule has 15 heavy (non-hydrogen) atoms. The lowest BCUT2D eigenvalue weighted by atomic mass is 10.1. The van der Waals surface area contributed by atoms with Gasteiger partial charge in [-0.05, 0) is 25.1 Å². The van der Waals surface area contributed by atoms with Crippen molar-refractivity contribution in [2.24, 2.45) is 5.92 Å². The fraction of sp³-hybridized carbons (Fsp3) is 0.455. The van der Waals surface area contributed by atoms with E-state index in [9.17, 15) is 4.39 Å². The van der Waals surface area contributed by atoms with E-state index in [2.05, 4.69) is 5.32 Å². The standard InChI is InChI=1S/C11H14FNO.ClH/c12-10-2-1-3-11(6-10)14-8-9-4-5-13-7-9;/h1-3,6,9,13H,4-5,7-8H2;1H/t9-;/m1./s1. The minimum Gasteiger partial charge on any atom is -0.493 e. The lowest BCUT2D eigenvalue weighted by molar-refractivity contribution is 0.259. The van der Waals surface area contributed by atoms with Gasteiger partial charge in [-0.1, -0.05) is 6.07 Å². The molecule has 1 aliphatic heterocycles. The van der Waals surface area contributed by atoms with Crippen LogP contribution in [-0.2, 0) is 0 Å². The fourth-order valence-electron chi connectivity index (χ4n) is 1.63. The van der Waals surface area contributed by atoms with Crippen LogP contribution in [0.1, 0.15) is 6.42 Å². The van der Waals surface area contributed by atoms with E-state index in [1.807, 2.05) is 0 Å². The van der Waals surface area contributed by atoms with Crippen molar-refractivity contribution < 1.29 is 9.13 Å². The van der Waals surface area contributed by atoms with E-state index in [4.69, 9.17) is 4.74 Å². The van der Waals surface area contributed by atoms with Gasteiger partial charge in [0.2, 0.25) is 0 Å². The molecule has 1 aromatic rings. The molecule has 1 heterocycles. The van der Waals surface area contributed by atoms with Crippen molar-refractivity contribution in [1.82, 2.24) is 5.32 Å². The largest absolute Gasteiger partial charge is 0.493 e. The summed E-state index contributed by atoms with van der Waals surface area (Å²) in [6.45, 7) is 2.75. The van der Waals surface area contributed by atoms with Gasteiger partial charge in [-0.15, -0.1) is 12.4 Å². The number of ether oxygens (including phenoxy) is 1. The molecule has 1 N–H and O–H groups in total. The predicted molar refractivity (Wildman–Crippen MR) is 60.1 cm³/mol. The second-order valence-corrected chi connectivity index (χ2v) is 3.63. The van der Waals surface area contributed by atoms with Crippen molar-refractivity contribution in [3.8, 4) is 5.75 Å². The van der Waals surface area contributed by atoms with Gasteiger partial charge in [-0.3, -0.25) is 0 Å². The summed E-state index contributed by atoms with van der Waals surface area (Å²) >= 11 is 0. The first-order valence-corrected chi connectivity index (χ1v) is 4.94. The van der Waals surface area contributed by atoms with Crippen molar-refractivity contribution in [2.45, 2.75) is 6.42 Å². The van der Waals surface area contributed by atoms with Crippen LogP contribution in [0.15, 0.2) is 24.3 Å². The van der Waals surface area contributed by atoms with Crippen molar-refractivity contribution in [2.75, 3.05) is 19.7 Å². The summed E-state index contributed by atoms with van der Waals surface area (Å²) in [6.07, 6.45) is 1.15. The Morgan fingerprint density at radius 2 is 2.33 bits per heavy atom. The van der Waals surface area contributed by atoms with Crippen LogP contribution in [-0.4, -0.2) is 19.7 Å². The Morgan fingerprint density at radius 1 is 1.47 bits per heavy atom. The summed E-state index contributed by atoms with van der Waals surface area (Å²) in [4.78, 5) is 0. The molecule has 4 heteroatoms. The molecule has 2 nitrogen and oxygen atoms in total. The summed E-state index contributed by atoms with van der Waals surface area (Å²) in [5, 5.41) is 3.27. The molecule has 0 spiro atoms. The Kier molecular flexibility index (Phi) is 4.85. The van der Waals surface area contributed by atoms with E-state index < -0.39 is 0 Å². The first-order valence-electron chi connectivity index (χ1n) is 4.94. The van der Waals surface area contributed by atoms with Crippen LogP contribution in [0.2, 0.25) is 0 Å². The third kappa shape index (κ3) is 3.68. The quantitative estimate of drug-likeness (QED) is 0.862. The highest BCUT2D eigenvalue weighted by molar-refractivity contribution is 5.85. The minimum absolute atomic E-state index is 0. The first kappa shape index (κ1) is 12.3. The zero-order valence-corrected chi connectivity index (χ0v) is 9.23. The molecular formula is C11H15ClFNO. The van der Waals surface area contributed by atoms with Gasteiger partial charge in [-0.25, -0.2) is 4.39 Å². The zero-order chi connectivity index (χ0) is 9.80. The molecule has 0 amide bonds. The van der Waals surface area contributed by atoms with Gasteiger partial charge in [0.1, 0.15) is 11.6 Å². The summed E-state index contributed by atoms with van der Waals surface area (Å²) < 4.78 is 18.3. The third-order valence-electron chi connectivity index (χ3n) is 2.44. The SMILES string of the molecule is Cl.Fc1cccc(OC[C@@H]2CCNC2)c1. The van der Waals surface area contributed by atoms with Crippen LogP contribution in [0.25, 0.3) is 0 Å². The van der Waals surface area contributed by atoms with Gasteiger partial charge in [0.15, 0.2) is 0 Å². The molecule has 2 rings (SSSR count). The van der Waals surface area contributed by atoms with Crippen molar-refractivity contribution in [3.63, 3.8) is 0 Å². The second kappa shape index (κ2) is 5.93. The predicted octanol–water partition coefficient (Wildman–Crippen LogP) is 2.24. The molecule has 1 aromatic carbocycles. The summed E-state index contributed by atoms with van der Waals surface area (Å²) in [5.74, 6) is 0.946. The van der Waals surface area contributed by atoms with Crippen LogP contribution >= 0.6 is 12.4 Å². The van der Waals surface area contributed by atoms with E-state index in [0.717, 1.165) is 19.5 Å². The molecule has 1 saturated heterocycles. The molecule has 0 saturated carbocycles. The Labute approximate surface area is 95.2 Å². The second-order valence-electron chi connectivity index (χ2n) is 3.63. The maximum Gasteiger partial charge on any atom is 0.126 e. The third-order valence-corrected chi connectivity index (χ3v) is 2.44. The molecule has 1 fully saturated rings. The van der Waals surface area contributed by atoms with Gasteiger partial charge in [0.25, 0.3) is 0 Å². The smallest absolute Gasteiger partial charge is 0.126 e. The van der Waals surface area contributed by atoms with E-state index in [-0.39, 0.29) is 18.2 Å². The van der Waals surface area contributed by atoms with E-state index >= 15 is 0 Å². The zero-order valence-electron chi connectivity index (χ0n) is 8.41. The van der Waals surface area contributed by atoms with Crippen molar-refractivity contribution in [1.29, 1.82) is 0 Å². The molecule has 0 aromatic heterocycles. The van der Waals surface area contributed by atoms with Gasteiger partial charge < -0.3 is 10.1 Å². The number of nitrogens with one attached hydrogen (secondary N) is 1. The minimum atomic E-state index is -0.243. The van der Waals surface area contributed by atoms with E-state index in [0.29, 0.717) is 18.3 Å². The molecule has 0 radical (unpaired) electrons. The maximum absolute atomic E-state index is 12.8. The number of rotatable bonds is 3. The highest BCUT2D eigenvalue weighted by Gasteiger charge is 2.14. The number of benzene rings is 1. The monoisotopic (exact) mass is 231 g/mol. The van der Waals surface area contributed by atoms with Crippen LogP contribution in [0.3, 0.4) is 0 Å². The van der Waals surface area contributed by atoms with Crippen molar-refractivity contribution in [3.05, 3.63) is 30.1 Å². The Balaban J connectivity index is 0.00000112.